The molecule has 0 radical (unpaired) electrons. The fourth-order valence-corrected chi connectivity index (χ4v) is 3.57. The monoisotopic (exact) mass is 470 g/mol. The molecule has 1 aliphatic rings. The molecule has 1 fully saturated rings. The van der Waals surface area contributed by atoms with Crippen LogP contribution in [0, 0.1) is 0 Å². The van der Waals surface area contributed by atoms with Crippen molar-refractivity contribution >= 4 is 23.2 Å². The van der Waals surface area contributed by atoms with E-state index < -0.39 is 30.7 Å². The second kappa shape index (κ2) is 12.1. The van der Waals surface area contributed by atoms with Gasteiger partial charge in [-0.25, -0.2) is 0 Å². The highest BCUT2D eigenvalue weighted by Gasteiger charge is 2.47. The maximum Gasteiger partial charge on any atom is 0.184 e. The Morgan fingerprint density at radius 3 is 2.10 bits per heavy atom. The van der Waals surface area contributed by atoms with E-state index in [2.05, 4.69) is 0 Å². The van der Waals surface area contributed by atoms with E-state index in [0.29, 0.717) is 29.9 Å². The van der Waals surface area contributed by atoms with Crippen molar-refractivity contribution < 1.29 is 29.2 Å². The van der Waals surface area contributed by atoms with Crippen LogP contribution in [0.25, 0.3) is 0 Å². The zero-order valence-electron chi connectivity index (χ0n) is 17.3. The van der Waals surface area contributed by atoms with Crippen molar-refractivity contribution in [1.82, 2.24) is 0 Å². The van der Waals surface area contributed by atoms with Gasteiger partial charge in [-0.1, -0.05) is 54.4 Å². The van der Waals surface area contributed by atoms with Crippen molar-refractivity contribution in [2.24, 2.45) is 0 Å². The van der Waals surface area contributed by atoms with Gasteiger partial charge >= 0.3 is 0 Å². The Morgan fingerprint density at radius 1 is 0.935 bits per heavy atom. The summed E-state index contributed by atoms with van der Waals surface area (Å²) in [7, 11) is 0. The molecule has 2 N–H and O–H groups in total. The Bertz CT molecular complexity index is 786. The van der Waals surface area contributed by atoms with Crippen LogP contribution in [0.1, 0.15) is 24.5 Å². The fourth-order valence-electron chi connectivity index (χ4n) is 3.32. The van der Waals surface area contributed by atoms with Gasteiger partial charge in [0.2, 0.25) is 0 Å². The number of aliphatic hydroxyl groups is 2. The molecule has 0 aromatic heterocycles. The highest BCUT2D eigenvalue weighted by molar-refractivity contribution is 6.30. The predicted octanol–water partition coefficient (Wildman–Crippen LogP) is 3.97. The van der Waals surface area contributed by atoms with E-state index in [1.807, 2.05) is 31.2 Å². The summed E-state index contributed by atoms with van der Waals surface area (Å²) in [6.45, 7) is 3.24. The quantitative estimate of drug-likeness (QED) is 0.517. The summed E-state index contributed by atoms with van der Waals surface area (Å²) < 4.78 is 23.4. The Balaban J connectivity index is 1.67. The molecule has 170 valence electrons. The molecule has 0 amide bonds. The molecule has 2 aromatic carbocycles. The molecular weight excluding hydrogens is 443 g/mol. The molecule has 0 aliphatic carbocycles. The molecule has 1 saturated heterocycles. The average molecular weight is 471 g/mol. The van der Waals surface area contributed by atoms with Crippen molar-refractivity contribution in [3.8, 4) is 0 Å². The molecule has 0 saturated carbocycles. The number of aliphatic hydroxyl groups excluding tert-OH is 2. The van der Waals surface area contributed by atoms with Crippen LogP contribution in [0.4, 0.5) is 0 Å². The van der Waals surface area contributed by atoms with E-state index in [1.54, 1.807) is 24.3 Å². The summed E-state index contributed by atoms with van der Waals surface area (Å²) in [6.07, 6.45) is -3.70. The molecule has 8 heteroatoms. The van der Waals surface area contributed by atoms with Crippen molar-refractivity contribution in [1.29, 1.82) is 0 Å². The molecule has 1 heterocycles. The molecule has 0 bridgehead atoms. The summed E-state index contributed by atoms with van der Waals surface area (Å²) >= 11 is 11.9. The van der Waals surface area contributed by atoms with Gasteiger partial charge in [-0.2, -0.15) is 0 Å². The number of hydrogen-bond donors (Lipinski definition) is 2. The highest BCUT2D eigenvalue weighted by Crippen LogP contribution is 2.28. The first-order valence-electron chi connectivity index (χ1n) is 10.3. The molecule has 1 unspecified atom stereocenters. The van der Waals surface area contributed by atoms with Crippen LogP contribution in [0.3, 0.4) is 0 Å². The lowest BCUT2D eigenvalue weighted by atomic mass is 10.1. The lowest BCUT2D eigenvalue weighted by Gasteiger charge is -2.28. The van der Waals surface area contributed by atoms with E-state index in [4.69, 9.17) is 42.1 Å². The first-order valence-corrected chi connectivity index (χ1v) is 11.0. The Labute approximate surface area is 192 Å². The van der Waals surface area contributed by atoms with Crippen LogP contribution in [-0.4, -0.2) is 54.1 Å². The van der Waals surface area contributed by atoms with Gasteiger partial charge in [0.25, 0.3) is 0 Å². The molecule has 3 rings (SSSR count). The SMILES string of the molecule is CCCO[C@H]1[C@@H]([C@@H](COCc2ccc(Cl)cc2)OCc2ccc(Cl)cc2)OC(O)[C@@H]1O. The molecular formula is C23H28Cl2O6. The van der Waals surface area contributed by atoms with E-state index in [0.717, 1.165) is 17.5 Å². The fraction of sp³-hybridized carbons (Fsp3) is 0.478. The smallest absolute Gasteiger partial charge is 0.184 e. The normalized spacial score (nSPS) is 24.4. The van der Waals surface area contributed by atoms with Crippen molar-refractivity contribution in [2.75, 3.05) is 13.2 Å². The summed E-state index contributed by atoms with van der Waals surface area (Å²) in [6, 6.07) is 14.7. The van der Waals surface area contributed by atoms with Crippen molar-refractivity contribution in [3.05, 3.63) is 69.7 Å². The van der Waals surface area contributed by atoms with Gasteiger partial charge in [-0.3, -0.25) is 0 Å². The standard InChI is InChI=1S/C23H28Cl2O6/c1-2-11-29-22-20(26)23(27)31-21(22)19(30-13-16-5-9-18(25)10-6-16)14-28-12-15-3-7-17(24)8-4-15/h3-10,19-23,26-27H,2,11-14H2,1H3/t19-,20-,21-,22-,23?/m1/s1. The first-order chi connectivity index (χ1) is 15.0. The lowest BCUT2D eigenvalue weighted by molar-refractivity contribution is -0.169. The largest absolute Gasteiger partial charge is 0.385 e. The second-order valence-electron chi connectivity index (χ2n) is 7.43. The first kappa shape index (κ1) is 24.4. The van der Waals surface area contributed by atoms with Gasteiger partial charge in [0.1, 0.15) is 24.4 Å². The molecule has 6 nitrogen and oxygen atoms in total. The molecule has 0 spiro atoms. The van der Waals surface area contributed by atoms with E-state index >= 15 is 0 Å². The lowest BCUT2D eigenvalue weighted by Crippen LogP contribution is -2.44. The zero-order chi connectivity index (χ0) is 22.2. The average Bonchev–Trinajstić information content (AvgIpc) is 3.05. The van der Waals surface area contributed by atoms with Crippen LogP contribution >= 0.6 is 23.2 Å². The summed E-state index contributed by atoms with van der Waals surface area (Å²) in [5.74, 6) is 0. The topological polar surface area (TPSA) is 77.4 Å². The third-order valence-corrected chi connectivity index (χ3v) is 5.48. The van der Waals surface area contributed by atoms with E-state index in [-0.39, 0.29) is 6.61 Å². The van der Waals surface area contributed by atoms with Crippen LogP contribution in [0.15, 0.2) is 48.5 Å². The maximum absolute atomic E-state index is 10.3. The minimum atomic E-state index is -1.34. The Hall–Kier alpha value is -1.22. The summed E-state index contributed by atoms with van der Waals surface area (Å²) in [5.41, 5.74) is 1.89. The van der Waals surface area contributed by atoms with E-state index in [1.165, 1.54) is 0 Å². The van der Waals surface area contributed by atoms with Gasteiger partial charge in [0, 0.05) is 16.7 Å². The predicted molar refractivity (Wildman–Crippen MR) is 118 cm³/mol. The number of halogens is 2. The van der Waals surface area contributed by atoms with Crippen LogP contribution < -0.4 is 0 Å². The summed E-state index contributed by atoms with van der Waals surface area (Å²) in [4.78, 5) is 0. The van der Waals surface area contributed by atoms with E-state index in [9.17, 15) is 10.2 Å². The van der Waals surface area contributed by atoms with Crippen molar-refractivity contribution in [2.45, 2.75) is 57.3 Å². The number of ether oxygens (including phenoxy) is 4. The molecule has 31 heavy (non-hydrogen) atoms. The minimum Gasteiger partial charge on any atom is -0.385 e. The number of benzene rings is 2. The Morgan fingerprint density at radius 2 is 1.52 bits per heavy atom. The van der Waals surface area contributed by atoms with Gasteiger partial charge in [-0.05, 0) is 41.8 Å². The zero-order valence-corrected chi connectivity index (χ0v) is 18.8. The molecule has 2 aromatic rings. The number of rotatable bonds is 11. The minimum absolute atomic E-state index is 0.187. The third kappa shape index (κ3) is 7.14. The van der Waals surface area contributed by atoms with Gasteiger partial charge in [0.15, 0.2) is 6.29 Å². The third-order valence-electron chi connectivity index (χ3n) is 4.97. The van der Waals surface area contributed by atoms with Crippen LogP contribution in [0.2, 0.25) is 10.0 Å². The number of hydrogen-bond acceptors (Lipinski definition) is 6. The second-order valence-corrected chi connectivity index (χ2v) is 8.31. The molecule has 1 aliphatic heterocycles. The van der Waals surface area contributed by atoms with Gasteiger partial charge in [-0.15, -0.1) is 0 Å². The highest BCUT2D eigenvalue weighted by atomic mass is 35.5. The van der Waals surface area contributed by atoms with Gasteiger partial charge in [0.05, 0.1) is 19.8 Å². The maximum atomic E-state index is 10.3. The summed E-state index contributed by atoms with van der Waals surface area (Å²) in [5, 5.41) is 21.7. The molecule has 5 atom stereocenters. The van der Waals surface area contributed by atoms with Gasteiger partial charge < -0.3 is 29.2 Å². The van der Waals surface area contributed by atoms with Crippen LogP contribution in [0.5, 0.6) is 0 Å². The van der Waals surface area contributed by atoms with Crippen molar-refractivity contribution in [3.63, 3.8) is 0 Å². The Kier molecular flexibility index (Phi) is 9.56. The van der Waals surface area contributed by atoms with Crippen LogP contribution in [-0.2, 0) is 32.2 Å².